The molecule has 2 aromatic rings. The molecule has 0 aliphatic rings. The summed E-state index contributed by atoms with van der Waals surface area (Å²) in [5.74, 6) is 1.31. The molecule has 2 rings (SSSR count). The summed E-state index contributed by atoms with van der Waals surface area (Å²) in [7, 11) is 0. The molecule has 0 radical (unpaired) electrons. The molecule has 1 aromatic carbocycles. The van der Waals surface area contributed by atoms with Crippen LogP contribution in [0.5, 0.6) is 11.5 Å². The molecule has 0 aliphatic heterocycles. The first kappa shape index (κ1) is 14.6. The zero-order valence-corrected chi connectivity index (χ0v) is 12.2. The third-order valence-corrected chi connectivity index (χ3v) is 2.86. The van der Waals surface area contributed by atoms with Crippen LogP contribution in [-0.4, -0.2) is 23.2 Å². The third kappa shape index (κ3) is 4.36. The second-order valence-corrected chi connectivity index (χ2v) is 4.80. The highest BCUT2D eigenvalue weighted by Crippen LogP contribution is 2.16. The summed E-state index contributed by atoms with van der Waals surface area (Å²) in [6.07, 6.45) is 3.14. The number of pyridine rings is 1. The molecule has 1 aromatic heterocycles. The van der Waals surface area contributed by atoms with Crippen molar-refractivity contribution in [1.82, 2.24) is 4.98 Å². The van der Waals surface area contributed by atoms with E-state index in [4.69, 9.17) is 39.0 Å². The second-order valence-electron chi connectivity index (χ2n) is 3.93. The van der Waals surface area contributed by atoms with Gasteiger partial charge in [0.2, 0.25) is 0 Å². The van der Waals surface area contributed by atoms with E-state index in [0.717, 1.165) is 5.56 Å². The Kier molecular flexibility index (Phi) is 5.15. The van der Waals surface area contributed by atoms with Gasteiger partial charge in [-0.2, -0.15) is 0 Å². The number of ether oxygens (including phenoxy) is 2. The molecule has 0 aliphatic carbocycles. The summed E-state index contributed by atoms with van der Waals surface area (Å²) in [6.45, 7) is 0.784. The van der Waals surface area contributed by atoms with Crippen molar-refractivity contribution in [1.29, 1.82) is 0 Å². The zero-order chi connectivity index (χ0) is 14.4. The number of rotatable bonds is 6. The van der Waals surface area contributed by atoms with E-state index in [1.807, 2.05) is 18.2 Å². The summed E-state index contributed by atoms with van der Waals surface area (Å²) < 4.78 is 11.0. The lowest BCUT2D eigenvalue weighted by Crippen LogP contribution is -2.11. The van der Waals surface area contributed by atoms with Crippen LogP contribution in [0.4, 0.5) is 0 Å². The molecule has 0 saturated heterocycles. The summed E-state index contributed by atoms with van der Waals surface area (Å²) >= 11 is 10.7. The largest absolute Gasteiger partial charge is 0.490 e. The summed E-state index contributed by atoms with van der Waals surface area (Å²) in [4.78, 5) is 4.27. The number of hydrogen-bond donors (Lipinski definition) is 1. The number of nitrogens with zero attached hydrogens (tertiary/aromatic N) is 1. The highest BCUT2D eigenvalue weighted by Gasteiger charge is 2.00. The summed E-state index contributed by atoms with van der Waals surface area (Å²) in [5, 5.41) is 0.535. The second kappa shape index (κ2) is 7.07. The Morgan fingerprint density at radius 1 is 1.15 bits per heavy atom. The van der Waals surface area contributed by atoms with Crippen molar-refractivity contribution in [3.8, 4) is 11.5 Å². The SMILES string of the molecule is NC(=S)c1cccc(OCCOc2cncc(Cl)c2)c1. The molecule has 0 saturated carbocycles. The van der Waals surface area contributed by atoms with Crippen molar-refractivity contribution >= 4 is 28.8 Å². The Balaban J connectivity index is 1.81. The average molecular weight is 309 g/mol. The Bertz CT molecular complexity index is 607. The Hall–Kier alpha value is -1.85. The van der Waals surface area contributed by atoms with Gasteiger partial charge in [0.1, 0.15) is 29.7 Å². The van der Waals surface area contributed by atoms with Gasteiger partial charge in [-0.1, -0.05) is 36.0 Å². The van der Waals surface area contributed by atoms with E-state index in [9.17, 15) is 0 Å². The molecule has 0 bridgehead atoms. The monoisotopic (exact) mass is 308 g/mol. The number of hydrogen-bond acceptors (Lipinski definition) is 4. The van der Waals surface area contributed by atoms with E-state index >= 15 is 0 Å². The number of halogens is 1. The third-order valence-electron chi connectivity index (χ3n) is 2.42. The lowest BCUT2D eigenvalue weighted by Gasteiger charge is -2.09. The molecule has 1 heterocycles. The predicted molar refractivity (Wildman–Crippen MR) is 82.6 cm³/mol. The molecule has 0 spiro atoms. The Morgan fingerprint density at radius 3 is 2.60 bits per heavy atom. The summed E-state index contributed by atoms with van der Waals surface area (Å²) in [5.41, 5.74) is 6.33. The van der Waals surface area contributed by atoms with Crippen LogP contribution in [0.25, 0.3) is 0 Å². The van der Waals surface area contributed by atoms with E-state index in [1.165, 1.54) is 0 Å². The minimum atomic E-state index is 0.344. The van der Waals surface area contributed by atoms with Crippen molar-refractivity contribution in [3.63, 3.8) is 0 Å². The van der Waals surface area contributed by atoms with E-state index in [0.29, 0.717) is 34.7 Å². The van der Waals surface area contributed by atoms with Crippen LogP contribution in [0.15, 0.2) is 42.7 Å². The fraction of sp³-hybridized carbons (Fsp3) is 0.143. The smallest absolute Gasteiger partial charge is 0.139 e. The number of thiocarbonyl (C=S) groups is 1. The van der Waals surface area contributed by atoms with Crippen LogP contribution in [0.2, 0.25) is 5.02 Å². The van der Waals surface area contributed by atoms with Gasteiger partial charge in [0.05, 0.1) is 11.2 Å². The first-order valence-electron chi connectivity index (χ1n) is 5.91. The van der Waals surface area contributed by atoms with Gasteiger partial charge in [0.15, 0.2) is 0 Å². The van der Waals surface area contributed by atoms with E-state index in [1.54, 1.807) is 24.5 Å². The number of nitrogens with two attached hydrogens (primary N) is 1. The van der Waals surface area contributed by atoms with Gasteiger partial charge in [-0.15, -0.1) is 0 Å². The van der Waals surface area contributed by atoms with Gasteiger partial charge in [-0.25, -0.2) is 0 Å². The van der Waals surface area contributed by atoms with Gasteiger partial charge in [0, 0.05) is 17.8 Å². The van der Waals surface area contributed by atoms with Crippen LogP contribution in [0, 0.1) is 0 Å². The molecule has 0 amide bonds. The highest BCUT2D eigenvalue weighted by molar-refractivity contribution is 7.80. The summed E-state index contributed by atoms with van der Waals surface area (Å²) in [6, 6.07) is 9.00. The minimum Gasteiger partial charge on any atom is -0.490 e. The van der Waals surface area contributed by atoms with Crippen molar-refractivity contribution in [3.05, 3.63) is 53.3 Å². The zero-order valence-electron chi connectivity index (χ0n) is 10.6. The van der Waals surface area contributed by atoms with Crippen molar-refractivity contribution in [2.45, 2.75) is 0 Å². The maximum Gasteiger partial charge on any atom is 0.139 e. The quantitative estimate of drug-likeness (QED) is 0.657. The molecule has 104 valence electrons. The van der Waals surface area contributed by atoms with Crippen LogP contribution in [-0.2, 0) is 0 Å². The van der Waals surface area contributed by atoms with Crippen molar-refractivity contribution in [2.75, 3.05) is 13.2 Å². The average Bonchev–Trinajstić information content (AvgIpc) is 2.44. The molecule has 0 fully saturated rings. The van der Waals surface area contributed by atoms with Crippen LogP contribution < -0.4 is 15.2 Å². The first-order chi connectivity index (χ1) is 9.65. The van der Waals surface area contributed by atoms with Crippen molar-refractivity contribution < 1.29 is 9.47 Å². The van der Waals surface area contributed by atoms with Gasteiger partial charge in [-0.05, 0) is 12.1 Å². The molecule has 2 N–H and O–H groups in total. The maximum absolute atomic E-state index is 5.80. The lowest BCUT2D eigenvalue weighted by atomic mass is 10.2. The maximum atomic E-state index is 5.80. The lowest BCUT2D eigenvalue weighted by molar-refractivity contribution is 0.216. The highest BCUT2D eigenvalue weighted by atomic mass is 35.5. The first-order valence-corrected chi connectivity index (χ1v) is 6.70. The predicted octanol–water partition coefficient (Wildman–Crippen LogP) is 2.83. The number of aromatic nitrogens is 1. The van der Waals surface area contributed by atoms with E-state index < -0.39 is 0 Å². The fourth-order valence-corrected chi connectivity index (χ4v) is 1.82. The fourth-order valence-electron chi connectivity index (χ4n) is 1.53. The number of benzene rings is 1. The van der Waals surface area contributed by atoms with Crippen LogP contribution >= 0.6 is 23.8 Å². The van der Waals surface area contributed by atoms with Gasteiger partial charge < -0.3 is 15.2 Å². The molecule has 0 unspecified atom stereocenters. The van der Waals surface area contributed by atoms with E-state index in [-0.39, 0.29) is 0 Å². The van der Waals surface area contributed by atoms with Gasteiger partial charge in [-0.3, -0.25) is 4.98 Å². The van der Waals surface area contributed by atoms with Gasteiger partial charge in [0.25, 0.3) is 0 Å². The molecular formula is C14H13ClN2O2S. The topological polar surface area (TPSA) is 57.4 Å². The van der Waals surface area contributed by atoms with Gasteiger partial charge >= 0.3 is 0 Å². The normalized spacial score (nSPS) is 10.1. The van der Waals surface area contributed by atoms with Crippen molar-refractivity contribution in [2.24, 2.45) is 5.73 Å². The Morgan fingerprint density at radius 2 is 1.90 bits per heavy atom. The molecule has 4 nitrogen and oxygen atoms in total. The molecule has 0 atom stereocenters. The standard InChI is InChI=1S/C14H13ClN2O2S/c15-11-7-13(9-17-8-11)19-5-4-18-12-3-1-2-10(6-12)14(16)20/h1-3,6-9H,4-5H2,(H2,16,20). The molecular weight excluding hydrogens is 296 g/mol. The Labute approximate surface area is 127 Å². The molecule has 20 heavy (non-hydrogen) atoms. The molecule has 6 heteroatoms. The van der Waals surface area contributed by atoms with Crippen LogP contribution in [0.3, 0.4) is 0 Å². The van der Waals surface area contributed by atoms with Crippen LogP contribution in [0.1, 0.15) is 5.56 Å². The van der Waals surface area contributed by atoms with E-state index in [2.05, 4.69) is 4.98 Å². The minimum absolute atomic E-state index is 0.344.